The lowest BCUT2D eigenvalue weighted by atomic mass is 10.1. The second kappa shape index (κ2) is 6.17. The number of benzene rings is 2. The molecule has 0 unspecified atom stereocenters. The topological polar surface area (TPSA) is 38.0 Å². The molecule has 0 fully saturated rings. The lowest BCUT2D eigenvalue weighted by molar-refractivity contribution is 1.13. The standard InChI is InChI=1S/C15H15BrN2S/c1-10-6-7-14(12(8-10)15(17)19)18-9-11-4-2-3-5-13(11)16/h2-8,18H,9H2,1H3,(H2,17,19). The van der Waals surface area contributed by atoms with E-state index in [-0.39, 0.29) is 0 Å². The normalized spacial score (nSPS) is 10.2. The molecule has 98 valence electrons. The second-order valence-corrected chi connectivity index (χ2v) is 5.65. The molecule has 3 N–H and O–H groups in total. The molecular formula is C15H15BrN2S. The molecule has 2 aromatic carbocycles. The summed E-state index contributed by atoms with van der Waals surface area (Å²) in [6.45, 7) is 2.75. The highest BCUT2D eigenvalue weighted by molar-refractivity contribution is 9.10. The lowest BCUT2D eigenvalue weighted by Crippen LogP contribution is -2.13. The van der Waals surface area contributed by atoms with E-state index >= 15 is 0 Å². The van der Waals surface area contributed by atoms with Crippen LogP contribution in [0, 0.1) is 6.92 Å². The summed E-state index contributed by atoms with van der Waals surface area (Å²) in [5.41, 5.74) is 9.96. The van der Waals surface area contributed by atoms with Crippen molar-refractivity contribution in [1.82, 2.24) is 0 Å². The molecule has 0 aliphatic rings. The van der Waals surface area contributed by atoms with Crippen LogP contribution in [0.25, 0.3) is 0 Å². The summed E-state index contributed by atoms with van der Waals surface area (Å²) in [5.74, 6) is 0. The van der Waals surface area contributed by atoms with Crippen LogP contribution in [0.3, 0.4) is 0 Å². The Morgan fingerprint density at radius 2 is 2.00 bits per heavy atom. The summed E-state index contributed by atoms with van der Waals surface area (Å²) in [7, 11) is 0. The zero-order valence-electron chi connectivity index (χ0n) is 10.6. The molecule has 0 spiro atoms. The number of thiocarbonyl (C=S) groups is 1. The summed E-state index contributed by atoms with van der Waals surface area (Å²) in [6, 6.07) is 14.2. The third kappa shape index (κ3) is 3.55. The molecule has 0 aromatic heterocycles. The maximum absolute atomic E-state index is 5.76. The highest BCUT2D eigenvalue weighted by atomic mass is 79.9. The lowest BCUT2D eigenvalue weighted by Gasteiger charge is -2.13. The zero-order chi connectivity index (χ0) is 13.8. The van der Waals surface area contributed by atoms with Crippen molar-refractivity contribution in [2.24, 2.45) is 5.73 Å². The van der Waals surface area contributed by atoms with Crippen LogP contribution < -0.4 is 11.1 Å². The first kappa shape index (κ1) is 14.0. The Morgan fingerprint density at radius 1 is 1.26 bits per heavy atom. The van der Waals surface area contributed by atoms with Gasteiger partial charge in [0, 0.05) is 22.3 Å². The van der Waals surface area contributed by atoms with E-state index in [1.54, 1.807) is 0 Å². The molecule has 0 atom stereocenters. The van der Waals surface area contributed by atoms with Gasteiger partial charge in [-0.1, -0.05) is 58.0 Å². The molecule has 19 heavy (non-hydrogen) atoms. The Kier molecular flexibility index (Phi) is 4.56. The van der Waals surface area contributed by atoms with Gasteiger partial charge in [-0.25, -0.2) is 0 Å². The van der Waals surface area contributed by atoms with Crippen molar-refractivity contribution < 1.29 is 0 Å². The molecular weight excluding hydrogens is 320 g/mol. The van der Waals surface area contributed by atoms with Crippen LogP contribution in [0.1, 0.15) is 16.7 Å². The van der Waals surface area contributed by atoms with Crippen LogP contribution in [0.2, 0.25) is 0 Å². The predicted octanol–water partition coefficient (Wildman–Crippen LogP) is 4.00. The molecule has 2 rings (SSSR count). The molecule has 0 aliphatic carbocycles. The minimum Gasteiger partial charge on any atom is -0.389 e. The number of aryl methyl sites for hydroxylation is 1. The predicted molar refractivity (Wildman–Crippen MR) is 88.5 cm³/mol. The first-order valence-corrected chi connectivity index (χ1v) is 7.16. The van der Waals surface area contributed by atoms with Gasteiger partial charge in [-0.3, -0.25) is 0 Å². The molecule has 0 heterocycles. The van der Waals surface area contributed by atoms with Gasteiger partial charge in [0.15, 0.2) is 0 Å². The number of nitrogens with two attached hydrogens (primary N) is 1. The molecule has 0 radical (unpaired) electrons. The maximum Gasteiger partial charge on any atom is 0.106 e. The average Bonchev–Trinajstić information content (AvgIpc) is 2.38. The third-order valence-corrected chi connectivity index (χ3v) is 3.86. The quantitative estimate of drug-likeness (QED) is 0.830. The Labute approximate surface area is 127 Å². The smallest absolute Gasteiger partial charge is 0.106 e. The van der Waals surface area contributed by atoms with E-state index in [1.807, 2.05) is 43.3 Å². The third-order valence-electron chi connectivity index (χ3n) is 2.87. The van der Waals surface area contributed by atoms with Crippen LogP contribution in [0.4, 0.5) is 5.69 Å². The molecule has 2 aromatic rings. The van der Waals surface area contributed by atoms with Crippen molar-refractivity contribution in [1.29, 1.82) is 0 Å². The van der Waals surface area contributed by atoms with E-state index in [9.17, 15) is 0 Å². The fourth-order valence-electron chi connectivity index (χ4n) is 1.85. The van der Waals surface area contributed by atoms with Gasteiger partial charge in [-0.05, 0) is 30.7 Å². The summed E-state index contributed by atoms with van der Waals surface area (Å²) in [4.78, 5) is 0.415. The Morgan fingerprint density at radius 3 is 2.68 bits per heavy atom. The number of anilines is 1. The second-order valence-electron chi connectivity index (χ2n) is 4.36. The largest absolute Gasteiger partial charge is 0.389 e. The number of hydrogen-bond acceptors (Lipinski definition) is 2. The van der Waals surface area contributed by atoms with Crippen molar-refractivity contribution >= 4 is 38.8 Å². The van der Waals surface area contributed by atoms with Crippen molar-refractivity contribution in [2.75, 3.05) is 5.32 Å². The molecule has 0 aliphatic heterocycles. The molecule has 0 amide bonds. The van der Waals surface area contributed by atoms with E-state index in [2.05, 4.69) is 27.3 Å². The van der Waals surface area contributed by atoms with Gasteiger partial charge in [0.25, 0.3) is 0 Å². The molecule has 0 bridgehead atoms. The minimum absolute atomic E-state index is 0.415. The Hall–Kier alpha value is -1.39. The highest BCUT2D eigenvalue weighted by Gasteiger charge is 2.06. The van der Waals surface area contributed by atoms with E-state index in [1.165, 1.54) is 5.56 Å². The van der Waals surface area contributed by atoms with E-state index in [4.69, 9.17) is 18.0 Å². The highest BCUT2D eigenvalue weighted by Crippen LogP contribution is 2.21. The maximum atomic E-state index is 5.76. The number of hydrogen-bond donors (Lipinski definition) is 2. The van der Waals surface area contributed by atoms with Gasteiger partial charge in [-0.15, -0.1) is 0 Å². The first-order valence-electron chi connectivity index (χ1n) is 5.95. The number of rotatable bonds is 4. The van der Waals surface area contributed by atoms with Crippen molar-refractivity contribution in [3.63, 3.8) is 0 Å². The number of nitrogens with one attached hydrogen (secondary N) is 1. The van der Waals surface area contributed by atoms with Crippen LogP contribution in [0.15, 0.2) is 46.9 Å². The molecule has 4 heteroatoms. The Balaban J connectivity index is 2.20. The summed E-state index contributed by atoms with van der Waals surface area (Å²) >= 11 is 8.63. The van der Waals surface area contributed by atoms with Crippen LogP contribution >= 0.6 is 28.1 Å². The van der Waals surface area contributed by atoms with Crippen LogP contribution in [-0.4, -0.2) is 4.99 Å². The van der Waals surface area contributed by atoms with E-state index in [0.717, 1.165) is 27.8 Å². The monoisotopic (exact) mass is 334 g/mol. The molecule has 0 saturated heterocycles. The van der Waals surface area contributed by atoms with Crippen molar-refractivity contribution in [3.8, 4) is 0 Å². The van der Waals surface area contributed by atoms with Crippen molar-refractivity contribution in [3.05, 3.63) is 63.6 Å². The zero-order valence-corrected chi connectivity index (χ0v) is 13.0. The fourth-order valence-corrected chi connectivity index (χ4v) is 2.44. The summed E-state index contributed by atoms with van der Waals surface area (Å²) < 4.78 is 1.09. The Bertz CT molecular complexity index is 611. The van der Waals surface area contributed by atoms with Gasteiger partial charge >= 0.3 is 0 Å². The van der Waals surface area contributed by atoms with E-state index in [0.29, 0.717) is 4.99 Å². The molecule has 2 nitrogen and oxygen atoms in total. The van der Waals surface area contributed by atoms with Gasteiger partial charge in [0.2, 0.25) is 0 Å². The molecule has 0 saturated carbocycles. The van der Waals surface area contributed by atoms with Gasteiger partial charge < -0.3 is 11.1 Å². The van der Waals surface area contributed by atoms with Gasteiger partial charge in [0.05, 0.1) is 0 Å². The van der Waals surface area contributed by atoms with Crippen molar-refractivity contribution in [2.45, 2.75) is 13.5 Å². The summed E-state index contributed by atoms with van der Waals surface area (Å²) in [6.07, 6.45) is 0. The van der Waals surface area contributed by atoms with Gasteiger partial charge in [0.1, 0.15) is 4.99 Å². The first-order chi connectivity index (χ1) is 9.08. The van der Waals surface area contributed by atoms with Crippen LogP contribution in [-0.2, 0) is 6.54 Å². The fraction of sp³-hybridized carbons (Fsp3) is 0.133. The van der Waals surface area contributed by atoms with Gasteiger partial charge in [-0.2, -0.15) is 0 Å². The minimum atomic E-state index is 0.415. The number of halogens is 1. The summed E-state index contributed by atoms with van der Waals surface area (Å²) in [5, 5.41) is 3.38. The van der Waals surface area contributed by atoms with Crippen LogP contribution in [0.5, 0.6) is 0 Å². The van der Waals surface area contributed by atoms with E-state index < -0.39 is 0 Å². The average molecular weight is 335 g/mol. The SMILES string of the molecule is Cc1ccc(NCc2ccccc2Br)c(C(N)=S)c1.